The van der Waals surface area contributed by atoms with Gasteiger partial charge in [0, 0.05) is 13.0 Å². The van der Waals surface area contributed by atoms with Gasteiger partial charge in [0.1, 0.15) is 5.02 Å². The summed E-state index contributed by atoms with van der Waals surface area (Å²) in [6, 6.07) is 2.29. The predicted molar refractivity (Wildman–Crippen MR) is 65.7 cm³/mol. The zero-order valence-corrected chi connectivity index (χ0v) is 10.4. The second-order valence-electron chi connectivity index (χ2n) is 3.95. The maximum Gasteiger partial charge on any atom is 0.227 e. The molecule has 1 unspecified atom stereocenters. The maximum absolute atomic E-state index is 13.3. The van der Waals surface area contributed by atoms with Crippen LogP contribution in [0.2, 0.25) is 5.02 Å². The molecule has 0 spiro atoms. The standard InChI is InChI=1S/C11H10ClF2NOS/c12-10-8(2-1-7(13)11(10)14)15-4-6(5-17)3-9(15)16/h1-2,6,17H,3-5H2. The Balaban J connectivity index is 2.35. The fourth-order valence-corrected chi connectivity index (χ4v) is 2.36. The average molecular weight is 278 g/mol. The van der Waals surface area contributed by atoms with Crippen LogP contribution in [0.1, 0.15) is 6.42 Å². The number of carbonyl (C=O) groups excluding carboxylic acids is 1. The van der Waals surface area contributed by atoms with Crippen molar-refractivity contribution in [3.63, 3.8) is 0 Å². The molecule has 1 amide bonds. The topological polar surface area (TPSA) is 20.3 Å². The Morgan fingerprint density at radius 1 is 1.47 bits per heavy atom. The second kappa shape index (κ2) is 4.82. The Morgan fingerprint density at radius 2 is 2.18 bits per heavy atom. The predicted octanol–water partition coefficient (Wildman–Crippen LogP) is 2.90. The van der Waals surface area contributed by atoms with Crippen LogP contribution in [0.15, 0.2) is 12.1 Å². The molecule has 92 valence electrons. The van der Waals surface area contributed by atoms with Gasteiger partial charge in [0.05, 0.1) is 5.69 Å². The van der Waals surface area contributed by atoms with Gasteiger partial charge in [0.15, 0.2) is 11.6 Å². The molecule has 1 fully saturated rings. The van der Waals surface area contributed by atoms with Gasteiger partial charge in [-0.3, -0.25) is 4.79 Å². The zero-order chi connectivity index (χ0) is 12.6. The van der Waals surface area contributed by atoms with Crippen molar-refractivity contribution in [2.45, 2.75) is 6.42 Å². The molecule has 1 aliphatic heterocycles. The molecule has 1 atom stereocenters. The summed E-state index contributed by atoms with van der Waals surface area (Å²) in [5, 5.41) is -0.349. The van der Waals surface area contributed by atoms with E-state index in [2.05, 4.69) is 12.6 Å². The van der Waals surface area contributed by atoms with Crippen LogP contribution in [-0.2, 0) is 4.79 Å². The van der Waals surface area contributed by atoms with Crippen molar-refractivity contribution < 1.29 is 13.6 Å². The lowest BCUT2D eigenvalue weighted by Crippen LogP contribution is -2.25. The fraction of sp³-hybridized carbons (Fsp3) is 0.364. The quantitative estimate of drug-likeness (QED) is 0.651. The Labute approximate surface area is 108 Å². The van der Waals surface area contributed by atoms with Crippen LogP contribution >= 0.6 is 24.2 Å². The van der Waals surface area contributed by atoms with Gasteiger partial charge in [-0.2, -0.15) is 12.6 Å². The van der Waals surface area contributed by atoms with Crippen LogP contribution in [0.3, 0.4) is 0 Å². The number of benzene rings is 1. The van der Waals surface area contributed by atoms with Gasteiger partial charge in [-0.15, -0.1) is 0 Å². The lowest BCUT2D eigenvalue weighted by atomic mass is 10.1. The van der Waals surface area contributed by atoms with Gasteiger partial charge in [0.2, 0.25) is 5.91 Å². The van der Waals surface area contributed by atoms with Crippen LogP contribution < -0.4 is 4.90 Å². The van der Waals surface area contributed by atoms with E-state index in [9.17, 15) is 13.6 Å². The molecule has 1 aliphatic rings. The van der Waals surface area contributed by atoms with Crippen molar-refractivity contribution in [1.29, 1.82) is 0 Å². The molecule has 0 aromatic heterocycles. The van der Waals surface area contributed by atoms with Gasteiger partial charge >= 0.3 is 0 Å². The van der Waals surface area contributed by atoms with E-state index < -0.39 is 11.6 Å². The van der Waals surface area contributed by atoms with E-state index in [1.807, 2.05) is 0 Å². The maximum atomic E-state index is 13.3. The molecule has 17 heavy (non-hydrogen) atoms. The van der Waals surface area contributed by atoms with Crippen molar-refractivity contribution >= 4 is 35.8 Å². The molecule has 1 aromatic rings. The molecule has 2 nitrogen and oxygen atoms in total. The Morgan fingerprint density at radius 3 is 2.76 bits per heavy atom. The van der Waals surface area contributed by atoms with E-state index >= 15 is 0 Å². The van der Waals surface area contributed by atoms with Crippen LogP contribution in [-0.4, -0.2) is 18.2 Å². The second-order valence-corrected chi connectivity index (χ2v) is 4.69. The summed E-state index contributed by atoms with van der Waals surface area (Å²) in [6.45, 7) is 0.438. The first-order valence-electron chi connectivity index (χ1n) is 5.09. The minimum absolute atomic E-state index is 0.120. The van der Waals surface area contributed by atoms with Crippen LogP contribution in [0, 0.1) is 17.6 Å². The van der Waals surface area contributed by atoms with Crippen molar-refractivity contribution in [2.75, 3.05) is 17.2 Å². The Kier molecular flexibility index (Phi) is 3.58. The normalized spacial score (nSPS) is 20.1. The highest BCUT2D eigenvalue weighted by Gasteiger charge is 2.31. The number of carbonyl (C=O) groups is 1. The van der Waals surface area contributed by atoms with Gasteiger partial charge in [0.25, 0.3) is 0 Å². The smallest absolute Gasteiger partial charge is 0.227 e. The molecule has 1 heterocycles. The molecule has 6 heteroatoms. The Bertz CT molecular complexity index is 469. The van der Waals surface area contributed by atoms with Crippen molar-refractivity contribution in [3.8, 4) is 0 Å². The van der Waals surface area contributed by atoms with Gasteiger partial charge in [-0.1, -0.05) is 11.6 Å². The highest BCUT2D eigenvalue weighted by atomic mass is 35.5. The van der Waals surface area contributed by atoms with E-state index in [0.717, 1.165) is 6.07 Å². The molecule has 1 saturated heterocycles. The molecular formula is C11H10ClF2NOS. The molecule has 0 bridgehead atoms. The summed E-state index contributed by atoms with van der Waals surface area (Å²) < 4.78 is 26.2. The van der Waals surface area contributed by atoms with Crippen LogP contribution in [0.5, 0.6) is 0 Å². The number of hydrogen-bond acceptors (Lipinski definition) is 2. The third-order valence-corrected chi connectivity index (χ3v) is 3.64. The highest BCUT2D eigenvalue weighted by molar-refractivity contribution is 7.80. The SMILES string of the molecule is O=C1CC(CS)CN1c1ccc(F)c(F)c1Cl. The largest absolute Gasteiger partial charge is 0.310 e. The molecule has 1 aromatic carbocycles. The molecule has 0 saturated carbocycles. The first-order valence-corrected chi connectivity index (χ1v) is 6.10. The summed E-state index contributed by atoms with van der Waals surface area (Å²) >= 11 is 9.83. The van der Waals surface area contributed by atoms with E-state index in [-0.39, 0.29) is 22.5 Å². The lowest BCUT2D eigenvalue weighted by molar-refractivity contribution is -0.117. The number of nitrogens with zero attached hydrogens (tertiary/aromatic N) is 1. The molecule has 0 N–H and O–H groups in total. The third-order valence-electron chi connectivity index (χ3n) is 2.77. The fourth-order valence-electron chi connectivity index (χ4n) is 1.86. The minimum atomic E-state index is -1.12. The van der Waals surface area contributed by atoms with Crippen LogP contribution in [0.25, 0.3) is 0 Å². The van der Waals surface area contributed by atoms with Gasteiger partial charge in [-0.05, 0) is 23.8 Å². The average Bonchev–Trinajstić information content (AvgIpc) is 2.68. The first kappa shape index (κ1) is 12.6. The van der Waals surface area contributed by atoms with E-state index in [1.54, 1.807) is 0 Å². The molecule has 0 aliphatic carbocycles. The Hall–Kier alpha value is -0.810. The summed E-state index contributed by atoms with van der Waals surface area (Å²) in [6.07, 6.45) is 0.360. The molecular weight excluding hydrogens is 268 g/mol. The monoisotopic (exact) mass is 277 g/mol. The summed E-state index contributed by atoms with van der Waals surface area (Å²) in [7, 11) is 0. The van der Waals surface area contributed by atoms with Crippen molar-refractivity contribution in [3.05, 3.63) is 28.8 Å². The minimum Gasteiger partial charge on any atom is -0.310 e. The van der Waals surface area contributed by atoms with E-state index in [0.29, 0.717) is 18.7 Å². The number of rotatable bonds is 2. The lowest BCUT2D eigenvalue weighted by Gasteiger charge is -2.18. The number of hydrogen-bond donors (Lipinski definition) is 1. The number of thiol groups is 1. The van der Waals surface area contributed by atoms with E-state index in [1.165, 1.54) is 11.0 Å². The van der Waals surface area contributed by atoms with E-state index in [4.69, 9.17) is 11.6 Å². The first-order chi connectivity index (χ1) is 8.04. The summed E-state index contributed by atoms with van der Waals surface area (Å²) in [5.74, 6) is -1.59. The number of amides is 1. The van der Waals surface area contributed by atoms with Gasteiger partial charge in [-0.25, -0.2) is 8.78 Å². The number of halogens is 3. The third kappa shape index (κ3) is 2.26. The zero-order valence-electron chi connectivity index (χ0n) is 8.79. The van der Waals surface area contributed by atoms with Crippen LogP contribution in [0.4, 0.5) is 14.5 Å². The molecule has 0 radical (unpaired) electrons. The summed E-state index contributed by atoms with van der Waals surface area (Å²) in [4.78, 5) is 13.1. The van der Waals surface area contributed by atoms with Gasteiger partial charge < -0.3 is 4.90 Å². The highest BCUT2D eigenvalue weighted by Crippen LogP contribution is 2.34. The van der Waals surface area contributed by atoms with Crippen molar-refractivity contribution in [1.82, 2.24) is 0 Å². The molecule has 2 rings (SSSR count). The summed E-state index contributed by atoms with van der Waals surface area (Å²) in [5.41, 5.74) is 0.222. The number of anilines is 1. The van der Waals surface area contributed by atoms with Crippen molar-refractivity contribution in [2.24, 2.45) is 5.92 Å².